The molecule has 2 rings (SSSR count). The zero-order valence-corrected chi connectivity index (χ0v) is 14.1. The van der Waals surface area contributed by atoms with Gasteiger partial charge in [-0.1, -0.05) is 30.3 Å². The maximum atomic E-state index is 13.9. The minimum atomic E-state index is -1.24. The van der Waals surface area contributed by atoms with E-state index in [1.54, 1.807) is 0 Å². The van der Waals surface area contributed by atoms with Crippen LogP contribution in [-0.2, 0) is 16.0 Å². The molecule has 0 amide bonds. The lowest BCUT2D eigenvalue weighted by atomic mass is 10.00. The Labute approximate surface area is 144 Å². The number of hydrogen-bond donors (Lipinski definition) is 1. The Hall–Kier alpha value is -2.34. The zero-order chi connectivity index (χ0) is 18.4. The largest absolute Gasteiger partial charge is 0.469 e. The summed E-state index contributed by atoms with van der Waals surface area (Å²) in [6, 6.07) is 10.2. The van der Waals surface area contributed by atoms with Gasteiger partial charge in [0.1, 0.15) is 5.82 Å². The van der Waals surface area contributed by atoms with Crippen molar-refractivity contribution in [3.8, 4) is 0 Å². The van der Waals surface area contributed by atoms with Crippen LogP contribution in [0.4, 0.5) is 13.2 Å². The Balaban J connectivity index is 2.18. The first kappa shape index (κ1) is 19.0. The summed E-state index contributed by atoms with van der Waals surface area (Å²) < 4.78 is 45.1. The number of methoxy groups -OCH3 is 1. The molecule has 0 aromatic heterocycles. The summed E-state index contributed by atoms with van der Waals surface area (Å²) in [7, 11) is 1.26. The molecule has 0 saturated heterocycles. The highest BCUT2D eigenvalue weighted by molar-refractivity contribution is 5.70. The van der Waals surface area contributed by atoms with E-state index in [0.29, 0.717) is 6.07 Å². The van der Waals surface area contributed by atoms with E-state index in [0.717, 1.165) is 11.6 Å². The minimum Gasteiger partial charge on any atom is -0.469 e. The van der Waals surface area contributed by atoms with Crippen molar-refractivity contribution >= 4 is 5.97 Å². The molecule has 2 aromatic carbocycles. The third-order valence-electron chi connectivity index (χ3n) is 3.98. The van der Waals surface area contributed by atoms with Crippen LogP contribution in [-0.4, -0.2) is 19.1 Å². The number of nitrogens with one attached hydrogen (secondary N) is 1. The molecule has 0 heterocycles. The molecular formula is C19H20F3NO2. The summed E-state index contributed by atoms with van der Waals surface area (Å²) >= 11 is 0. The van der Waals surface area contributed by atoms with E-state index in [1.807, 2.05) is 37.3 Å². The molecule has 0 aliphatic rings. The van der Waals surface area contributed by atoms with Crippen molar-refractivity contribution in [2.45, 2.75) is 31.8 Å². The second-order valence-corrected chi connectivity index (χ2v) is 5.84. The smallest absolute Gasteiger partial charge is 0.307 e. The molecule has 25 heavy (non-hydrogen) atoms. The molecule has 0 spiro atoms. The molecule has 0 saturated carbocycles. The van der Waals surface area contributed by atoms with Crippen molar-refractivity contribution in [2.75, 3.05) is 7.11 Å². The minimum absolute atomic E-state index is 0.000523. The monoisotopic (exact) mass is 351 g/mol. The summed E-state index contributed by atoms with van der Waals surface area (Å²) in [4.78, 5) is 11.6. The Bertz CT molecular complexity index is 722. The van der Waals surface area contributed by atoms with Crippen LogP contribution in [0.3, 0.4) is 0 Å². The lowest BCUT2D eigenvalue weighted by molar-refractivity contribution is -0.141. The van der Waals surface area contributed by atoms with Crippen LogP contribution in [0.15, 0.2) is 42.5 Å². The maximum absolute atomic E-state index is 13.9. The number of halogens is 3. The average Bonchev–Trinajstić information content (AvgIpc) is 2.60. The lowest BCUT2D eigenvalue weighted by Crippen LogP contribution is -2.36. The molecule has 0 bridgehead atoms. The van der Waals surface area contributed by atoms with Crippen molar-refractivity contribution in [1.82, 2.24) is 5.32 Å². The van der Waals surface area contributed by atoms with Crippen molar-refractivity contribution in [3.63, 3.8) is 0 Å². The van der Waals surface area contributed by atoms with Gasteiger partial charge in [0.25, 0.3) is 0 Å². The highest BCUT2D eigenvalue weighted by Crippen LogP contribution is 2.19. The van der Waals surface area contributed by atoms with Crippen LogP contribution in [0.5, 0.6) is 0 Å². The summed E-state index contributed by atoms with van der Waals surface area (Å²) in [5.41, 5.74) is 0.990. The second-order valence-electron chi connectivity index (χ2n) is 5.84. The molecule has 134 valence electrons. The average molecular weight is 351 g/mol. The summed E-state index contributed by atoms with van der Waals surface area (Å²) in [6.45, 7) is 1.90. The van der Waals surface area contributed by atoms with E-state index >= 15 is 0 Å². The number of esters is 1. The number of ether oxygens (including phenoxy) is 1. The number of hydrogen-bond acceptors (Lipinski definition) is 3. The Morgan fingerprint density at radius 2 is 1.72 bits per heavy atom. The Morgan fingerprint density at radius 3 is 2.36 bits per heavy atom. The van der Waals surface area contributed by atoms with E-state index < -0.39 is 29.5 Å². The molecule has 0 fully saturated rings. The van der Waals surface area contributed by atoms with Gasteiger partial charge in [-0.05, 0) is 30.5 Å². The maximum Gasteiger partial charge on any atom is 0.307 e. The van der Waals surface area contributed by atoms with Crippen LogP contribution in [0, 0.1) is 17.5 Å². The first-order chi connectivity index (χ1) is 11.9. The molecule has 3 nitrogen and oxygen atoms in total. The van der Waals surface area contributed by atoms with Gasteiger partial charge in [0.05, 0.1) is 13.5 Å². The van der Waals surface area contributed by atoms with Crippen molar-refractivity contribution in [1.29, 1.82) is 0 Å². The standard InChI is InChI=1S/C19H20F3NO2/c1-12(13-6-4-3-5-7-13)23-15(10-19(24)25-2)8-14-9-17(21)18(22)11-16(14)20/h3-7,9,11-12,15,23H,8,10H2,1-2H3/t12?,15-/m0/s1. The van der Waals surface area contributed by atoms with Gasteiger partial charge in [0.2, 0.25) is 0 Å². The Morgan fingerprint density at radius 1 is 1.08 bits per heavy atom. The number of carbonyl (C=O) groups is 1. The molecule has 2 aromatic rings. The molecule has 1 N–H and O–H groups in total. The van der Waals surface area contributed by atoms with Crippen molar-refractivity contribution in [3.05, 3.63) is 71.0 Å². The molecular weight excluding hydrogens is 331 g/mol. The van der Waals surface area contributed by atoms with E-state index in [2.05, 4.69) is 10.1 Å². The van der Waals surface area contributed by atoms with Gasteiger partial charge >= 0.3 is 5.97 Å². The van der Waals surface area contributed by atoms with Gasteiger partial charge in [0, 0.05) is 18.2 Å². The highest BCUT2D eigenvalue weighted by Gasteiger charge is 2.20. The van der Waals surface area contributed by atoms with Crippen molar-refractivity contribution in [2.24, 2.45) is 0 Å². The van der Waals surface area contributed by atoms with Crippen LogP contribution in [0.2, 0.25) is 0 Å². The first-order valence-electron chi connectivity index (χ1n) is 7.92. The summed E-state index contributed by atoms with van der Waals surface area (Å²) in [6.07, 6.45) is 0.00140. The number of carbonyl (C=O) groups excluding carboxylic acids is 1. The fourth-order valence-electron chi connectivity index (χ4n) is 2.65. The van der Waals surface area contributed by atoms with E-state index in [4.69, 9.17) is 0 Å². The molecule has 2 atom stereocenters. The van der Waals surface area contributed by atoms with E-state index in [9.17, 15) is 18.0 Å². The first-order valence-corrected chi connectivity index (χ1v) is 7.92. The number of benzene rings is 2. The van der Waals surface area contributed by atoms with Crippen molar-refractivity contribution < 1.29 is 22.7 Å². The van der Waals surface area contributed by atoms with Gasteiger partial charge in [-0.15, -0.1) is 0 Å². The fraction of sp³-hybridized carbons (Fsp3) is 0.316. The van der Waals surface area contributed by atoms with Gasteiger partial charge in [-0.2, -0.15) is 0 Å². The predicted octanol–water partition coefficient (Wildman–Crippen LogP) is 3.93. The van der Waals surface area contributed by atoms with Crippen LogP contribution in [0.1, 0.15) is 30.5 Å². The lowest BCUT2D eigenvalue weighted by Gasteiger charge is -2.23. The van der Waals surface area contributed by atoms with Gasteiger partial charge in [-0.25, -0.2) is 13.2 Å². The van der Waals surface area contributed by atoms with Crippen LogP contribution < -0.4 is 5.32 Å². The molecule has 1 unspecified atom stereocenters. The van der Waals surface area contributed by atoms with E-state index in [1.165, 1.54) is 7.11 Å². The van der Waals surface area contributed by atoms with Gasteiger partial charge in [0.15, 0.2) is 11.6 Å². The highest BCUT2D eigenvalue weighted by atomic mass is 19.2. The molecule has 0 aliphatic carbocycles. The Kier molecular flexibility index (Phi) is 6.58. The second kappa shape index (κ2) is 8.67. The summed E-state index contributed by atoms with van der Waals surface area (Å²) in [5.74, 6) is -3.68. The molecule has 6 heteroatoms. The fourth-order valence-corrected chi connectivity index (χ4v) is 2.65. The van der Waals surface area contributed by atoms with Crippen LogP contribution in [0.25, 0.3) is 0 Å². The van der Waals surface area contributed by atoms with Crippen LogP contribution >= 0.6 is 0 Å². The van der Waals surface area contributed by atoms with Gasteiger partial charge in [-0.3, -0.25) is 4.79 Å². The normalized spacial score (nSPS) is 13.3. The molecule has 0 aliphatic heterocycles. The van der Waals surface area contributed by atoms with E-state index in [-0.39, 0.29) is 24.4 Å². The third-order valence-corrected chi connectivity index (χ3v) is 3.98. The molecule has 0 radical (unpaired) electrons. The SMILES string of the molecule is COC(=O)C[C@H](Cc1cc(F)c(F)cc1F)NC(C)c1ccccc1. The zero-order valence-electron chi connectivity index (χ0n) is 14.1. The number of rotatable bonds is 7. The predicted molar refractivity (Wildman–Crippen MR) is 88.4 cm³/mol. The van der Waals surface area contributed by atoms with Gasteiger partial charge < -0.3 is 10.1 Å². The summed E-state index contributed by atoms with van der Waals surface area (Å²) in [5, 5.41) is 3.22. The third kappa shape index (κ3) is 5.32. The topological polar surface area (TPSA) is 38.3 Å². The quantitative estimate of drug-likeness (QED) is 0.607.